The lowest BCUT2D eigenvalue weighted by Crippen LogP contribution is -2.35. The lowest BCUT2D eigenvalue weighted by molar-refractivity contribution is -0.119. The third-order valence-electron chi connectivity index (χ3n) is 4.37. The van der Waals surface area contributed by atoms with Gasteiger partial charge in [-0.3, -0.25) is 4.79 Å². The highest BCUT2D eigenvalue weighted by Gasteiger charge is 2.16. The molecule has 0 bridgehead atoms. The molecule has 2 N–H and O–H groups in total. The molecule has 0 saturated carbocycles. The molecule has 6 nitrogen and oxygen atoms in total. The number of benzene rings is 3. The van der Waals surface area contributed by atoms with Crippen molar-refractivity contribution in [2.24, 2.45) is 0 Å². The van der Waals surface area contributed by atoms with Gasteiger partial charge in [0.15, 0.2) is 5.11 Å². The molecule has 0 aliphatic rings. The molecule has 150 valence electrons. The van der Waals surface area contributed by atoms with Crippen LogP contribution in [0.15, 0.2) is 71.6 Å². The molecule has 0 radical (unpaired) electrons. The molecule has 0 spiro atoms. The van der Waals surface area contributed by atoms with Gasteiger partial charge in [-0.25, -0.2) is 12.7 Å². The van der Waals surface area contributed by atoms with Gasteiger partial charge in [-0.15, -0.1) is 0 Å². The second-order valence-electron chi connectivity index (χ2n) is 6.63. The quantitative estimate of drug-likeness (QED) is 0.612. The number of sulfonamides is 1. The van der Waals surface area contributed by atoms with Crippen LogP contribution in [0.3, 0.4) is 0 Å². The highest BCUT2D eigenvalue weighted by atomic mass is 32.2. The molecule has 3 aromatic rings. The summed E-state index contributed by atoms with van der Waals surface area (Å²) in [4.78, 5) is 12.6. The van der Waals surface area contributed by atoms with Crippen LogP contribution in [0, 0.1) is 0 Å². The van der Waals surface area contributed by atoms with E-state index in [1.165, 1.54) is 26.2 Å². The van der Waals surface area contributed by atoms with Crippen LogP contribution in [-0.2, 0) is 21.2 Å². The van der Waals surface area contributed by atoms with E-state index < -0.39 is 10.0 Å². The van der Waals surface area contributed by atoms with E-state index in [9.17, 15) is 13.2 Å². The van der Waals surface area contributed by atoms with Crippen molar-refractivity contribution in [2.75, 3.05) is 19.4 Å². The maximum Gasteiger partial charge on any atom is 0.242 e. The summed E-state index contributed by atoms with van der Waals surface area (Å²) in [7, 11) is -0.542. The van der Waals surface area contributed by atoms with Crippen LogP contribution in [0.25, 0.3) is 10.8 Å². The number of nitrogens with zero attached hydrogens (tertiary/aromatic N) is 1. The summed E-state index contributed by atoms with van der Waals surface area (Å²) in [6.07, 6.45) is 0.198. The molecule has 3 rings (SSSR count). The topological polar surface area (TPSA) is 78.5 Å². The van der Waals surface area contributed by atoms with Crippen LogP contribution in [-0.4, -0.2) is 37.8 Å². The smallest absolute Gasteiger partial charge is 0.242 e. The molecule has 0 atom stereocenters. The Labute approximate surface area is 175 Å². The number of nitrogens with one attached hydrogen (secondary N) is 2. The maximum absolute atomic E-state index is 12.4. The van der Waals surface area contributed by atoms with E-state index in [4.69, 9.17) is 12.2 Å². The molecule has 1 amide bonds. The predicted octanol–water partition coefficient (Wildman–Crippen LogP) is 3.15. The molecule has 0 saturated heterocycles. The van der Waals surface area contributed by atoms with Gasteiger partial charge in [0.2, 0.25) is 15.9 Å². The van der Waals surface area contributed by atoms with Gasteiger partial charge >= 0.3 is 0 Å². The Morgan fingerprint density at radius 1 is 0.966 bits per heavy atom. The highest BCUT2D eigenvalue weighted by Crippen LogP contribution is 2.19. The fourth-order valence-electron chi connectivity index (χ4n) is 2.87. The van der Waals surface area contributed by atoms with Gasteiger partial charge in [-0.05, 0) is 52.8 Å². The normalized spacial score (nSPS) is 11.4. The zero-order valence-corrected chi connectivity index (χ0v) is 17.7. The van der Waals surface area contributed by atoms with Crippen LogP contribution in [0.4, 0.5) is 5.69 Å². The molecule has 0 aromatic heterocycles. The van der Waals surface area contributed by atoms with Crippen molar-refractivity contribution in [3.8, 4) is 0 Å². The number of carbonyl (C=O) groups is 1. The Bertz CT molecular complexity index is 1150. The number of fused-ring (bicyclic) bond motifs is 1. The van der Waals surface area contributed by atoms with Gasteiger partial charge < -0.3 is 10.6 Å². The number of anilines is 1. The Balaban J connectivity index is 1.62. The maximum atomic E-state index is 12.4. The first-order chi connectivity index (χ1) is 13.8. The summed E-state index contributed by atoms with van der Waals surface area (Å²) in [6, 6.07) is 19.9. The van der Waals surface area contributed by atoms with E-state index in [0.29, 0.717) is 5.69 Å². The first-order valence-electron chi connectivity index (χ1n) is 8.87. The number of carbonyl (C=O) groups excluding carboxylic acids is 1. The van der Waals surface area contributed by atoms with Gasteiger partial charge in [0.05, 0.1) is 11.3 Å². The Morgan fingerprint density at radius 3 is 2.31 bits per heavy atom. The molecule has 0 unspecified atom stereocenters. The lowest BCUT2D eigenvalue weighted by atomic mass is 10.0. The van der Waals surface area contributed by atoms with Crippen LogP contribution >= 0.6 is 12.2 Å². The van der Waals surface area contributed by atoms with Gasteiger partial charge in [0.1, 0.15) is 0 Å². The van der Waals surface area contributed by atoms with Gasteiger partial charge in [0.25, 0.3) is 0 Å². The molecular weight excluding hydrogens is 406 g/mol. The van der Waals surface area contributed by atoms with Crippen molar-refractivity contribution >= 4 is 49.7 Å². The summed E-state index contributed by atoms with van der Waals surface area (Å²) in [6.45, 7) is 0. The number of amides is 1. The van der Waals surface area contributed by atoms with Crippen molar-refractivity contribution in [1.82, 2.24) is 9.62 Å². The molecule has 29 heavy (non-hydrogen) atoms. The van der Waals surface area contributed by atoms with Crippen molar-refractivity contribution in [3.05, 3.63) is 72.3 Å². The standard InChI is InChI=1S/C21H21N3O3S2/c1-24(2)29(26,27)18-12-10-17(11-13-18)22-21(28)23-20(25)14-16-8-5-7-15-6-3-4-9-19(15)16/h3-13H,14H2,1-2H3,(H2,22,23,25,28). The highest BCUT2D eigenvalue weighted by molar-refractivity contribution is 7.89. The van der Waals surface area contributed by atoms with E-state index in [2.05, 4.69) is 10.6 Å². The fourth-order valence-corrected chi connectivity index (χ4v) is 4.01. The second kappa shape index (κ2) is 8.69. The van der Waals surface area contributed by atoms with E-state index in [0.717, 1.165) is 20.6 Å². The predicted molar refractivity (Wildman–Crippen MR) is 119 cm³/mol. The number of rotatable bonds is 5. The zero-order chi connectivity index (χ0) is 21.0. The third-order valence-corrected chi connectivity index (χ3v) is 6.41. The van der Waals surface area contributed by atoms with E-state index in [1.807, 2.05) is 42.5 Å². The average molecular weight is 428 g/mol. The first kappa shape index (κ1) is 20.9. The molecule has 0 aliphatic carbocycles. The minimum absolute atomic E-state index is 0.151. The second-order valence-corrected chi connectivity index (χ2v) is 9.19. The van der Waals surface area contributed by atoms with Crippen molar-refractivity contribution < 1.29 is 13.2 Å². The Hall–Kier alpha value is -2.81. The summed E-state index contributed by atoms with van der Waals surface area (Å²) in [5.41, 5.74) is 1.50. The molecule has 0 fully saturated rings. The van der Waals surface area contributed by atoms with Crippen molar-refractivity contribution in [2.45, 2.75) is 11.3 Å². The van der Waals surface area contributed by atoms with Crippen LogP contribution < -0.4 is 10.6 Å². The van der Waals surface area contributed by atoms with Crippen molar-refractivity contribution in [1.29, 1.82) is 0 Å². The minimum atomic E-state index is -3.49. The largest absolute Gasteiger partial charge is 0.332 e. The van der Waals surface area contributed by atoms with Gasteiger partial charge in [-0.1, -0.05) is 42.5 Å². The monoisotopic (exact) mass is 427 g/mol. The van der Waals surface area contributed by atoms with E-state index in [-0.39, 0.29) is 22.3 Å². The molecule has 0 heterocycles. The van der Waals surface area contributed by atoms with E-state index >= 15 is 0 Å². The zero-order valence-electron chi connectivity index (χ0n) is 16.0. The van der Waals surface area contributed by atoms with Gasteiger partial charge in [-0.2, -0.15) is 0 Å². The summed E-state index contributed by atoms with van der Waals surface area (Å²) in [5, 5.41) is 7.81. The summed E-state index contributed by atoms with van der Waals surface area (Å²) >= 11 is 5.20. The van der Waals surface area contributed by atoms with Crippen molar-refractivity contribution in [3.63, 3.8) is 0 Å². The average Bonchev–Trinajstić information content (AvgIpc) is 2.68. The van der Waals surface area contributed by atoms with Gasteiger partial charge in [0, 0.05) is 19.8 Å². The Morgan fingerprint density at radius 2 is 1.62 bits per heavy atom. The number of thiocarbonyl (C=S) groups is 1. The molecular formula is C21H21N3O3S2. The number of hydrogen-bond donors (Lipinski definition) is 2. The lowest BCUT2D eigenvalue weighted by Gasteiger charge is -2.13. The van der Waals surface area contributed by atoms with Crippen LogP contribution in [0.1, 0.15) is 5.56 Å². The molecule has 3 aromatic carbocycles. The van der Waals surface area contributed by atoms with E-state index in [1.54, 1.807) is 12.1 Å². The Kier molecular flexibility index (Phi) is 6.26. The minimum Gasteiger partial charge on any atom is -0.332 e. The summed E-state index contributed by atoms with van der Waals surface area (Å²) in [5.74, 6) is -0.231. The number of hydrogen-bond acceptors (Lipinski definition) is 4. The SMILES string of the molecule is CN(C)S(=O)(=O)c1ccc(NC(=S)NC(=O)Cc2cccc3ccccc23)cc1. The van der Waals surface area contributed by atoms with Crippen LogP contribution in [0.5, 0.6) is 0 Å². The van der Waals surface area contributed by atoms with Crippen LogP contribution in [0.2, 0.25) is 0 Å². The fraction of sp³-hybridized carbons (Fsp3) is 0.143. The first-order valence-corrected chi connectivity index (χ1v) is 10.7. The summed E-state index contributed by atoms with van der Waals surface area (Å²) < 4.78 is 25.3. The third kappa shape index (κ3) is 4.97. The molecule has 8 heteroatoms. The molecule has 0 aliphatic heterocycles.